The van der Waals surface area contributed by atoms with Crippen LogP contribution < -0.4 is 10.1 Å². The molecule has 6 heteroatoms. The van der Waals surface area contributed by atoms with E-state index < -0.39 is 0 Å². The number of rotatable bonds is 4. The van der Waals surface area contributed by atoms with Crippen molar-refractivity contribution in [3.8, 4) is 11.5 Å². The molecule has 0 aliphatic carbocycles. The zero-order chi connectivity index (χ0) is 17.9. The molecule has 0 radical (unpaired) electrons. The van der Waals surface area contributed by atoms with Crippen LogP contribution in [0.5, 0.6) is 11.5 Å². The van der Waals surface area contributed by atoms with Crippen LogP contribution in [-0.2, 0) is 0 Å². The number of aromatic nitrogens is 3. The van der Waals surface area contributed by atoms with Gasteiger partial charge in [-0.1, -0.05) is 18.2 Å². The van der Waals surface area contributed by atoms with Crippen molar-refractivity contribution >= 4 is 17.2 Å². The van der Waals surface area contributed by atoms with Crippen molar-refractivity contribution in [1.82, 2.24) is 14.6 Å². The molecule has 0 atom stereocenters. The first-order valence-electron chi connectivity index (χ1n) is 8.15. The molecule has 0 bridgehead atoms. The number of nitrogens with zero attached hydrogens (tertiary/aromatic N) is 3. The van der Waals surface area contributed by atoms with Crippen LogP contribution in [0.25, 0.3) is 5.65 Å². The number of pyridine rings is 1. The molecule has 0 fully saturated rings. The second kappa shape index (κ2) is 6.68. The molecule has 0 spiro atoms. The van der Waals surface area contributed by atoms with Crippen molar-refractivity contribution in [2.24, 2.45) is 0 Å². The summed E-state index contributed by atoms with van der Waals surface area (Å²) >= 11 is 0. The molecule has 4 rings (SSSR count). The fraction of sp³-hybridized carbons (Fsp3) is 0.0500. The molecule has 6 nitrogen and oxygen atoms in total. The molecular formula is C20H16N4O2. The number of hydrogen-bond acceptors (Lipinski definition) is 4. The molecule has 2 aromatic carbocycles. The number of aryl methyl sites for hydroxylation is 1. The first-order valence-corrected chi connectivity index (χ1v) is 8.15. The van der Waals surface area contributed by atoms with Crippen molar-refractivity contribution in [2.45, 2.75) is 6.92 Å². The first kappa shape index (κ1) is 15.8. The summed E-state index contributed by atoms with van der Waals surface area (Å²) in [5.74, 6) is 2.04. The molecule has 2 heterocycles. The standard InChI is InChI=1S/C20H16N4O2/c1-14-22-23-19-13-15(11-12-24(14)19)20(25)21-16-7-9-18(10-8-16)26-17-5-3-2-4-6-17/h2-13H,1H3,(H,21,25). The average Bonchev–Trinajstić information content (AvgIpc) is 3.04. The molecule has 4 aromatic rings. The summed E-state index contributed by atoms with van der Waals surface area (Å²) in [5, 5.41) is 10.9. The summed E-state index contributed by atoms with van der Waals surface area (Å²) in [6, 6.07) is 20.2. The fourth-order valence-electron chi connectivity index (χ4n) is 2.59. The van der Waals surface area contributed by atoms with E-state index in [1.165, 1.54) is 0 Å². The number of carbonyl (C=O) groups excluding carboxylic acids is 1. The molecular weight excluding hydrogens is 328 g/mol. The molecule has 2 aromatic heterocycles. The van der Waals surface area contributed by atoms with Crippen LogP contribution >= 0.6 is 0 Å². The Kier molecular flexibility index (Phi) is 4.07. The quantitative estimate of drug-likeness (QED) is 0.606. The van der Waals surface area contributed by atoms with Crippen molar-refractivity contribution < 1.29 is 9.53 Å². The highest BCUT2D eigenvalue weighted by Gasteiger charge is 2.09. The van der Waals surface area contributed by atoms with Gasteiger partial charge in [0, 0.05) is 17.4 Å². The highest BCUT2D eigenvalue weighted by atomic mass is 16.5. The highest BCUT2D eigenvalue weighted by molar-refractivity contribution is 6.04. The lowest BCUT2D eigenvalue weighted by molar-refractivity contribution is 0.102. The van der Waals surface area contributed by atoms with E-state index in [4.69, 9.17) is 4.74 Å². The lowest BCUT2D eigenvalue weighted by Gasteiger charge is -2.08. The van der Waals surface area contributed by atoms with Crippen LogP contribution in [0.2, 0.25) is 0 Å². The first-order chi connectivity index (χ1) is 12.7. The monoisotopic (exact) mass is 344 g/mol. The summed E-state index contributed by atoms with van der Waals surface area (Å²) in [4.78, 5) is 12.4. The van der Waals surface area contributed by atoms with Crippen molar-refractivity contribution in [3.63, 3.8) is 0 Å². The summed E-state index contributed by atoms with van der Waals surface area (Å²) in [7, 11) is 0. The predicted molar refractivity (Wildman–Crippen MR) is 98.6 cm³/mol. The number of nitrogens with one attached hydrogen (secondary N) is 1. The van der Waals surface area contributed by atoms with Gasteiger partial charge in [0.1, 0.15) is 17.3 Å². The van der Waals surface area contributed by atoms with Gasteiger partial charge in [-0.25, -0.2) is 0 Å². The largest absolute Gasteiger partial charge is 0.457 e. The van der Waals surface area contributed by atoms with Gasteiger partial charge in [-0.05, 0) is 55.5 Å². The van der Waals surface area contributed by atoms with Gasteiger partial charge in [0.05, 0.1) is 0 Å². The van der Waals surface area contributed by atoms with Gasteiger partial charge in [-0.15, -0.1) is 10.2 Å². The maximum atomic E-state index is 12.4. The van der Waals surface area contributed by atoms with Crippen LogP contribution in [-0.4, -0.2) is 20.5 Å². The van der Waals surface area contributed by atoms with Gasteiger partial charge in [-0.2, -0.15) is 0 Å². The Morgan fingerprint density at radius 3 is 2.46 bits per heavy atom. The number of anilines is 1. The van der Waals surface area contributed by atoms with E-state index in [9.17, 15) is 4.79 Å². The summed E-state index contributed by atoms with van der Waals surface area (Å²) in [6.07, 6.45) is 1.79. The topological polar surface area (TPSA) is 68.5 Å². The van der Waals surface area contributed by atoms with Gasteiger partial charge >= 0.3 is 0 Å². The second-order valence-corrected chi connectivity index (χ2v) is 5.78. The number of fused-ring (bicyclic) bond motifs is 1. The van der Waals surface area contributed by atoms with E-state index in [1.807, 2.05) is 53.8 Å². The van der Waals surface area contributed by atoms with Crippen LogP contribution in [0, 0.1) is 6.92 Å². The third kappa shape index (κ3) is 3.25. The highest BCUT2D eigenvalue weighted by Crippen LogP contribution is 2.23. The summed E-state index contributed by atoms with van der Waals surface area (Å²) < 4.78 is 7.57. The number of benzene rings is 2. The minimum absolute atomic E-state index is 0.204. The van der Waals surface area contributed by atoms with Crippen molar-refractivity contribution in [1.29, 1.82) is 0 Å². The van der Waals surface area contributed by atoms with E-state index in [1.54, 1.807) is 30.5 Å². The molecule has 128 valence electrons. The Balaban J connectivity index is 1.46. The van der Waals surface area contributed by atoms with E-state index in [-0.39, 0.29) is 5.91 Å². The van der Waals surface area contributed by atoms with Crippen molar-refractivity contribution in [2.75, 3.05) is 5.32 Å². The molecule has 0 unspecified atom stereocenters. The number of ether oxygens (including phenoxy) is 1. The van der Waals surface area contributed by atoms with Crippen LogP contribution in [0.4, 0.5) is 5.69 Å². The Labute approximate surface area is 150 Å². The van der Waals surface area contributed by atoms with Crippen LogP contribution in [0.15, 0.2) is 72.9 Å². The molecule has 0 aliphatic heterocycles. The van der Waals surface area contributed by atoms with Gasteiger partial charge < -0.3 is 10.1 Å². The van der Waals surface area contributed by atoms with Crippen LogP contribution in [0.1, 0.15) is 16.2 Å². The van der Waals surface area contributed by atoms with Gasteiger partial charge in [0.25, 0.3) is 5.91 Å². The van der Waals surface area contributed by atoms with Crippen LogP contribution in [0.3, 0.4) is 0 Å². The Hall–Kier alpha value is -3.67. The van der Waals surface area contributed by atoms with E-state index in [0.29, 0.717) is 22.6 Å². The zero-order valence-corrected chi connectivity index (χ0v) is 14.1. The third-order valence-electron chi connectivity index (χ3n) is 3.93. The maximum Gasteiger partial charge on any atom is 0.255 e. The van der Waals surface area contributed by atoms with E-state index in [0.717, 1.165) is 11.6 Å². The Morgan fingerprint density at radius 2 is 1.69 bits per heavy atom. The molecule has 0 aliphatic rings. The number of carbonyl (C=O) groups is 1. The van der Waals surface area contributed by atoms with Gasteiger partial charge in [0.2, 0.25) is 0 Å². The van der Waals surface area contributed by atoms with Gasteiger partial charge in [-0.3, -0.25) is 9.20 Å². The lowest BCUT2D eigenvalue weighted by atomic mass is 10.2. The summed E-state index contributed by atoms with van der Waals surface area (Å²) in [5.41, 5.74) is 1.85. The molecule has 0 saturated carbocycles. The molecule has 1 N–H and O–H groups in total. The molecule has 1 amide bonds. The summed E-state index contributed by atoms with van der Waals surface area (Å²) in [6.45, 7) is 1.86. The minimum atomic E-state index is -0.204. The van der Waals surface area contributed by atoms with Gasteiger partial charge in [0.15, 0.2) is 5.65 Å². The zero-order valence-electron chi connectivity index (χ0n) is 14.1. The normalized spacial score (nSPS) is 10.7. The predicted octanol–water partition coefficient (Wildman–Crippen LogP) is 4.08. The maximum absolute atomic E-state index is 12.4. The lowest BCUT2D eigenvalue weighted by Crippen LogP contribution is -2.12. The average molecular weight is 344 g/mol. The number of para-hydroxylation sites is 1. The minimum Gasteiger partial charge on any atom is -0.457 e. The number of hydrogen-bond donors (Lipinski definition) is 1. The Bertz CT molecular complexity index is 1060. The fourth-order valence-corrected chi connectivity index (χ4v) is 2.59. The smallest absolute Gasteiger partial charge is 0.255 e. The molecule has 26 heavy (non-hydrogen) atoms. The van der Waals surface area contributed by atoms with Crippen molar-refractivity contribution in [3.05, 3.63) is 84.3 Å². The second-order valence-electron chi connectivity index (χ2n) is 5.78. The van der Waals surface area contributed by atoms with E-state index >= 15 is 0 Å². The molecule has 0 saturated heterocycles. The Morgan fingerprint density at radius 1 is 0.962 bits per heavy atom. The third-order valence-corrected chi connectivity index (χ3v) is 3.93. The SMILES string of the molecule is Cc1nnc2cc(C(=O)Nc3ccc(Oc4ccccc4)cc3)ccn12. The van der Waals surface area contributed by atoms with E-state index in [2.05, 4.69) is 15.5 Å². The number of amides is 1.